The molecule has 4 rings (SSSR count). The number of aromatic nitrogens is 3. The molecule has 0 bridgehead atoms. The van der Waals surface area contributed by atoms with Crippen LogP contribution < -0.4 is 15.6 Å². The van der Waals surface area contributed by atoms with Gasteiger partial charge in [0.2, 0.25) is 0 Å². The Bertz CT molecular complexity index is 1400. The van der Waals surface area contributed by atoms with Crippen LogP contribution in [0.1, 0.15) is 17.3 Å². The summed E-state index contributed by atoms with van der Waals surface area (Å²) in [6.07, 6.45) is 1.61. The highest BCUT2D eigenvalue weighted by molar-refractivity contribution is 7.71. The lowest BCUT2D eigenvalue weighted by atomic mass is 10.1. The van der Waals surface area contributed by atoms with Crippen LogP contribution in [0.3, 0.4) is 0 Å². The first-order valence-electron chi connectivity index (χ1n) is 9.22. The fourth-order valence-corrected chi connectivity index (χ4v) is 4.23. The van der Waals surface area contributed by atoms with Gasteiger partial charge in [0.25, 0.3) is 11.5 Å². The van der Waals surface area contributed by atoms with Gasteiger partial charge in [-0.25, -0.2) is 4.98 Å². The third kappa shape index (κ3) is 3.77. The van der Waals surface area contributed by atoms with Crippen LogP contribution in [0.15, 0.2) is 53.8 Å². The number of aromatic amines is 1. The molecule has 2 N–H and O–H groups in total. The van der Waals surface area contributed by atoms with Gasteiger partial charge in [-0.1, -0.05) is 17.4 Å². The van der Waals surface area contributed by atoms with Crippen molar-refractivity contribution < 1.29 is 9.53 Å². The van der Waals surface area contributed by atoms with Crippen molar-refractivity contribution in [3.8, 4) is 5.75 Å². The van der Waals surface area contributed by atoms with Crippen LogP contribution in [0, 0.1) is 4.77 Å². The van der Waals surface area contributed by atoms with E-state index < -0.39 is 0 Å². The highest BCUT2D eigenvalue weighted by Crippen LogP contribution is 2.29. The van der Waals surface area contributed by atoms with Crippen LogP contribution in [0.5, 0.6) is 5.75 Å². The lowest BCUT2D eigenvalue weighted by Crippen LogP contribution is -2.22. The monoisotopic (exact) mass is 438 g/mol. The molecule has 1 amide bonds. The number of anilines is 1. The molecule has 0 aliphatic carbocycles. The number of nitrogens with zero attached hydrogens (tertiary/aromatic N) is 2. The molecular weight excluding hydrogens is 420 g/mol. The number of H-pyrrole nitrogens is 1. The lowest BCUT2D eigenvalue weighted by molar-refractivity contribution is 0.102. The number of allylic oxidation sites excluding steroid dienone is 1. The normalized spacial score (nSPS) is 11.0. The van der Waals surface area contributed by atoms with Crippen molar-refractivity contribution >= 4 is 55.7 Å². The summed E-state index contributed by atoms with van der Waals surface area (Å²) in [7, 11) is 0. The van der Waals surface area contributed by atoms with Crippen LogP contribution in [-0.4, -0.2) is 27.0 Å². The SMILES string of the molecule is C=CCn1c(=S)[nH]c2cc(C(=O)Nc3nc4ccc(OCC)cc4s3)ccc2c1=O. The molecule has 2 aromatic carbocycles. The maximum Gasteiger partial charge on any atom is 0.262 e. The van der Waals surface area contributed by atoms with Crippen molar-refractivity contribution in [1.82, 2.24) is 14.5 Å². The maximum absolute atomic E-state index is 12.7. The van der Waals surface area contributed by atoms with Crippen LogP contribution >= 0.6 is 23.6 Å². The van der Waals surface area contributed by atoms with E-state index in [0.29, 0.717) is 34.7 Å². The number of thiazole rings is 1. The van der Waals surface area contributed by atoms with Gasteiger partial charge in [0.1, 0.15) is 5.75 Å². The van der Waals surface area contributed by atoms with Gasteiger partial charge in [-0.2, -0.15) is 0 Å². The zero-order valence-electron chi connectivity index (χ0n) is 16.1. The fourth-order valence-electron chi connectivity index (χ4n) is 3.07. The Hall–Kier alpha value is -3.30. The molecule has 0 aliphatic rings. The standard InChI is InChI=1S/C21H18N4O3S2/c1-3-9-25-19(27)14-7-5-12(10-16(14)23-21(25)29)18(26)24-20-22-15-8-6-13(28-4-2)11-17(15)30-20/h3,5-8,10-11H,1,4,9H2,2H3,(H,23,29)(H,22,24,26). The largest absolute Gasteiger partial charge is 0.494 e. The minimum atomic E-state index is -0.324. The van der Waals surface area contributed by atoms with Gasteiger partial charge in [-0.3, -0.25) is 19.5 Å². The average molecular weight is 439 g/mol. The summed E-state index contributed by atoms with van der Waals surface area (Å²) in [6, 6.07) is 10.4. The second-order valence-corrected chi connectivity index (χ2v) is 7.85. The van der Waals surface area contributed by atoms with Gasteiger partial charge in [-0.05, 0) is 55.5 Å². The van der Waals surface area contributed by atoms with Crippen molar-refractivity contribution in [2.45, 2.75) is 13.5 Å². The Balaban J connectivity index is 1.64. The quantitative estimate of drug-likeness (QED) is 0.342. The molecule has 9 heteroatoms. The van der Waals surface area contributed by atoms with Gasteiger partial charge in [0, 0.05) is 12.1 Å². The highest BCUT2D eigenvalue weighted by Gasteiger charge is 2.13. The number of rotatable bonds is 6. The number of benzene rings is 2. The Kier molecular flexibility index (Phi) is 5.47. The number of nitrogens with one attached hydrogen (secondary N) is 2. The Labute approximate surface area is 180 Å². The zero-order chi connectivity index (χ0) is 21.3. The summed E-state index contributed by atoms with van der Waals surface area (Å²) in [5, 5.41) is 3.75. The zero-order valence-corrected chi connectivity index (χ0v) is 17.7. The van der Waals surface area contributed by atoms with E-state index in [1.807, 2.05) is 25.1 Å². The molecule has 2 heterocycles. The molecule has 2 aromatic heterocycles. The molecule has 0 radical (unpaired) electrons. The number of carbonyl (C=O) groups is 1. The van der Waals surface area contributed by atoms with E-state index in [1.54, 1.807) is 24.3 Å². The van der Waals surface area contributed by atoms with Crippen molar-refractivity contribution in [3.63, 3.8) is 0 Å². The summed E-state index contributed by atoms with van der Waals surface area (Å²) in [5.41, 5.74) is 1.45. The first kappa shape index (κ1) is 20.0. The number of hydrogen-bond acceptors (Lipinski definition) is 6. The third-order valence-electron chi connectivity index (χ3n) is 4.45. The molecule has 0 unspecified atom stereocenters. The molecule has 0 spiro atoms. The van der Waals surface area contributed by atoms with Crippen LogP contribution in [-0.2, 0) is 6.54 Å². The predicted molar refractivity (Wildman–Crippen MR) is 122 cm³/mol. The molecule has 0 saturated carbocycles. The molecule has 152 valence electrons. The number of carbonyl (C=O) groups excluding carboxylic acids is 1. The van der Waals surface area contributed by atoms with Crippen LogP contribution in [0.4, 0.5) is 5.13 Å². The molecule has 4 aromatic rings. The summed E-state index contributed by atoms with van der Waals surface area (Å²) in [5.74, 6) is 0.439. The summed E-state index contributed by atoms with van der Waals surface area (Å²) < 4.78 is 8.12. The summed E-state index contributed by atoms with van der Waals surface area (Å²) >= 11 is 6.62. The second-order valence-electron chi connectivity index (χ2n) is 6.43. The Morgan fingerprint density at radius 1 is 1.37 bits per heavy atom. The van der Waals surface area contributed by atoms with Crippen molar-refractivity contribution in [2.75, 3.05) is 11.9 Å². The Morgan fingerprint density at radius 2 is 2.20 bits per heavy atom. The minimum absolute atomic E-state index is 0.225. The van der Waals surface area contributed by atoms with E-state index in [2.05, 4.69) is 21.9 Å². The van der Waals surface area contributed by atoms with Crippen LogP contribution in [0.25, 0.3) is 21.1 Å². The first-order chi connectivity index (χ1) is 14.5. The summed E-state index contributed by atoms with van der Waals surface area (Å²) in [4.78, 5) is 32.8. The van der Waals surface area contributed by atoms with E-state index in [4.69, 9.17) is 17.0 Å². The summed E-state index contributed by atoms with van der Waals surface area (Å²) in [6.45, 7) is 6.46. The number of hydrogen-bond donors (Lipinski definition) is 2. The molecule has 0 saturated heterocycles. The predicted octanol–water partition coefficient (Wildman–Crippen LogP) is 4.51. The van der Waals surface area contributed by atoms with Crippen molar-refractivity contribution in [3.05, 3.63) is 69.7 Å². The second kappa shape index (κ2) is 8.21. The third-order valence-corrected chi connectivity index (χ3v) is 5.70. The van der Waals surface area contributed by atoms with E-state index in [0.717, 1.165) is 16.0 Å². The molecule has 30 heavy (non-hydrogen) atoms. The van der Waals surface area contributed by atoms with Gasteiger partial charge in [0.15, 0.2) is 9.90 Å². The van der Waals surface area contributed by atoms with E-state index in [-0.39, 0.29) is 16.2 Å². The molecule has 0 fully saturated rings. The van der Waals surface area contributed by atoms with Crippen LogP contribution in [0.2, 0.25) is 0 Å². The van der Waals surface area contributed by atoms with E-state index in [1.165, 1.54) is 15.9 Å². The molecule has 0 aliphatic heterocycles. The average Bonchev–Trinajstić information content (AvgIpc) is 3.12. The maximum atomic E-state index is 12.7. The van der Waals surface area contributed by atoms with Gasteiger partial charge in [-0.15, -0.1) is 6.58 Å². The van der Waals surface area contributed by atoms with Gasteiger partial charge in [0.05, 0.1) is 27.7 Å². The number of ether oxygens (including phenoxy) is 1. The number of amides is 1. The fraction of sp³-hybridized carbons (Fsp3) is 0.143. The number of fused-ring (bicyclic) bond motifs is 2. The molecular formula is C21H18N4O3S2. The minimum Gasteiger partial charge on any atom is -0.494 e. The Morgan fingerprint density at radius 3 is 2.97 bits per heavy atom. The smallest absolute Gasteiger partial charge is 0.262 e. The van der Waals surface area contributed by atoms with Gasteiger partial charge < -0.3 is 9.72 Å². The van der Waals surface area contributed by atoms with Gasteiger partial charge >= 0.3 is 0 Å². The van der Waals surface area contributed by atoms with E-state index >= 15 is 0 Å². The molecule has 7 nitrogen and oxygen atoms in total. The van der Waals surface area contributed by atoms with Crippen molar-refractivity contribution in [1.29, 1.82) is 0 Å². The highest BCUT2D eigenvalue weighted by atomic mass is 32.1. The molecule has 0 atom stereocenters. The lowest BCUT2D eigenvalue weighted by Gasteiger charge is -2.07. The van der Waals surface area contributed by atoms with Crippen molar-refractivity contribution in [2.24, 2.45) is 0 Å². The first-order valence-corrected chi connectivity index (χ1v) is 10.4. The van der Waals surface area contributed by atoms with E-state index in [9.17, 15) is 9.59 Å². The topological polar surface area (TPSA) is 89.0 Å².